The van der Waals surface area contributed by atoms with Crippen LogP contribution in [0.15, 0.2) is 30.6 Å². The fourth-order valence-corrected chi connectivity index (χ4v) is 2.66. The van der Waals surface area contributed by atoms with Crippen LogP contribution < -0.4 is 10.5 Å². The van der Waals surface area contributed by atoms with Crippen molar-refractivity contribution in [1.82, 2.24) is 9.55 Å². The minimum Gasteiger partial charge on any atom is -0.485 e. The Morgan fingerprint density at radius 2 is 2.37 bits per heavy atom. The first-order valence-electron chi connectivity index (χ1n) is 6.72. The standard InChI is InChI=1S/C15H19N3O/c1-18-9-8-17-15(18)10-19-14-7-3-4-11-12(14)5-2-6-13(11)16/h3-4,7-9,13H,2,5-6,10,16H2,1H3. The maximum absolute atomic E-state index is 6.16. The monoisotopic (exact) mass is 257 g/mol. The maximum Gasteiger partial charge on any atom is 0.146 e. The number of fused-ring (bicyclic) bond motifs is 1. The average Bonchev–Trinajstić information content (AvgIpc) is 2.82. The van der Waals surface area contributed by atoms with E-state index in [4.69, 9.17) is 10.5 Å². The molecule has 0 fully saturated rings. The second kappa shape index (κ2) is 5.05. The number of hydrogen-bond donors (Lipinski definition) is 1. The highest BCUT2D eigenvalue weighted by Gasteiger charge is 2.19. The van der Waals surface area contributed by atoms with Gasteiger partial charge < -0.3 is 15.0 Å². The molecule has 0 bridgehead atoms. The van der Waals surface area contributed by atoms with E-state index in [0.717, 1.165) is 30.8 Å². The van der Waals surface area contributed by atoms with Crippen molar-refractivity contribution in [3.8, 4) is 5.75 Å². The lowest BCUT2D eigenvalue weighted by atomic mass is 9.88. The molecular weight excluding hydrogens is 238 g/mol. The molecule has 2 aromatic rings. The molecule has 19 heavy (non-hydrogen) atoms. The van der Waals surface area contributed by atoms with Gasteiger partial charge in [0.2, 0.25) is 0 Å². The molecule has 1 aromatic carbocycles. The van der Waals surface area contributed by atoms with E-state index in [0.29, 0.717) is 6.61 Å². The second-order valence-electron chi connectivity index (χ2n) is 5.07. The van der Waals surface area contributed by atoms with Gasteiger partial charge in [-0.05, 0) is 36.5 Å². The third-order valence-corrected chi connectivity index (χ3v) is 3.79. The lowest BCUT2D eigenvalue weighted by Gasteiger charge is -2.24. The van der Waals surface area contributed by atoms with Crippen molar-refractivity contribution in [3.05, 3.63) is 47.5 Å². The summed E-state index contributed by atoms with van der Waals surface area (Å²) >= 11 is 0. The van der Waals surface area contributed by atoms with Gasteiger partial charge in [0, 0.05) is 25.5 Å². The van der Waals surface area contributed by atoms with Crippen molar-refractivity contribution < 1.29 is 4.74 Å². The van der Waals surface area contributed by atoms with E-state index in [1.165, 1.54) is 11.1 Å². The van der Waals surface area contributed by atoms with E-state index >= 15 is 0 Å². The lowest BCUT2D eigenvalue weighted by Crippen LogP contribution is -2.18. The topological polar surface area (TPSA) is 53.1 Å². The molecule has 0 amide bonds. The number of nitrogens with two attached hydrogens (primary N) is 1. The number of nitrogens with zero attached hydrogens (tertiary/aromatic N) is 2. The molecular formula is C15H19N3O. The van der Waals surface area contributed by atoms with E-state index in [1.807, 2.05) is 29.9 Å². The highest BCUT2D eigenvalue weighted by atomic mass is 16.5. The minimum absolute atomic E-state index is 0.153. The molecule has 3 rings (SSSR count). The Labute approximate surface area is 113 Å². The van der Waals surface area contributed by atoms with Crippen LogP contribution in [0.4, 0.5) is 0 Å². The highest BCUT2D eigenvalue weighted by Crippen LogP contribution is 2.34. The first kappa shape index (κ1) is 12.2. The van der Waals surface area contributed by atoms with E-state index in [1.54, 1.807) is 6.20 Å². The van der Waals surface area contributed by atoms with Crippen LogP contribution >= 0.6 is 0 Å². The Morgan fingerprint density at radius 1 is 1.47 bits per heavy atom. The summed E-state index contributed by atoms with van der Waals surface area (Å²) in [6.07, 6.45) is 6.97. The number of benzene rings is 1. The van der Waals surface area contributed by atoms with Crippen molar-refractivity contribution in [2.24, 2.45) is 12.8 Å². The summed E-state index contributed by atoms with van der Waals surface area (Å²) in [6, 6.07) is 6.32. The SMILES string of the molecule is Cn1ccnc1COc1cccc2c1CCCC2N. The van der Waals surface area contributed by atoms with Crippen molar-refractivity contribution in [1.29, 1.82) is 0 Å². The third-order valence-electron chi connectivity index (χ3n) is 3.79. The van der Waals surface area contributed by atoms with Gasteiger partial charge in [-0.1, -0.05) is 12.1 Å². The van der Waals surface area contributed by atoms with Crippen LogP contribution in [-0.2, 0) is 20.1 Å². The van der Waals surface area contributed by atoms with Crippen LogP contribution in [0, 0.1) is 0 Å². The van der Waals surface area contributed by atoms with Gasteiger partial charge in [-0.25, -0.2) is 4.98 Å². The van der Waals surface area contributed by atoms with Crippen LogP contribution in [0.25, 0.3) is 0 Å². The molecule has 2 N–H and O–H groups in total. The molecule has 0 radical (unpaired) electrons. The number of rotatable bonds is 3. The van der Waals surface area contributed by atoms with Gasteiger partial charge >= 0.3 is 0 Å². The molecule has 100 valence electrons. The van der Waals surface area contributed by atoms with Crippen molar-refractivity contribution in [3.63, 3.8) is 0 Å². The third kappa shape index (κ3) is 2.36. The van der Waals surface area contributed by atoms with Crippen LogP contribution in [0.2, 0.25) is 0 Å². The van der Waals surface area contributed by atoms with E-state index in [2.05, 4.69) is 11.1 Å². The molecule has 0 spiro atoms. The smallest absolute Gasteiger partial charge is 0.146 e. The molecule has 1 aromatic heterocycles. The normalized spacial score (nSPS) is 18.1. The zero-order valence-corrected chi connectivity index (χ0v) is 11.2. The van der Waals surface area contributed by atoms with Crippen molar-refractivity contribution in [2.45, 2.75) is 31.9 Å². The predicted molar refractivity (Wildman–Crippen MR) is 73.8 cm³/mol. The van der Waals surface area contributed by atoms with Crippen LogP contribution in [0.5, 0.6) is 5.75 Å². The van der Waals surface area contributed by atoms with E-state index in [-0.39, 0.29) is 6.04 Å². The van der Waals surface area contributed by atoms with E-state index < -0.39 is 0 Å². The lowest BCUT2D eigenvalue weighted by molar-refractivity contribution is 0.286. The molecule has 4 nitrogen and oxygen atoms in total. The Hall–Kier alpha value is -1.81. The van der Waals surface area contributed by atoms with Gasteiger partial charge in [0.25, 0.3) is 0 Å². The Bertz CT molecular complexity index is 577. The number of imidazole rings is 1. The molecule has 0 saturated heterocycles. The summed E-state index contributed by atoms with van der Waals surface area (Å²) in [7, 11) is 1.97. The molecule has 0 aliphatic heterocycles. The summed E-state index contributed by atoms with van der Waals surface area (Å²) in [4.78, 5) is 4.27. The van der Waals surface area contributed by atoms with Crippen LogP contribution in [0.3, 0.4) is 0 Å². The van der Waals surface area contributed by atoms with Crippen LogP contribution in [-0.4, -0.2) is 9.55 Å². The Kier molecular flexibility index (Phi) is 3.25. The summed E-state index contributed by atoms with van der Waals surface area (Å²) in [5.74, 6) is 1.88. The minimum atomic E-state index is 0.153. The quantitative estimate of drug-likeness (QED) is 0.918. The van der Waals surface area contributed by atoms with Gasteiger partial charge in [-0.2, -0.15) is 0 Å². The van der Waals surface area contributed by atoms with Gasteiger partial charge in [-0.15, -0.1) is 0 Å². The zero-order valence-electron chi connectivity index (χ0n) is 11.2. The zero-order chi connectivity index (χ0) is 13.2. The van der Waals surface area contributed by atoms with Crippen LogP contribution in [0.1, 0.15) is 35.8 Å². The molecule has 0 saturated carbocycles. The second-order valence-corrected chi connectivity index (χ2v) is 5.07. The molecule has 1 unspecified atom stereocenters. The Balaban J connectivity index is 1.82. The number of aryl methyl sites for hydroxylation is 1. The number of aromatic nitrogens is 2. The van der Waals surface area contributed by atoms with Gasteiger partial charge in [0.15, 0.2) is 0 Å². The summed E-state index contributed by atoms with van der Waals surface area (Å²) in [5, 5.41) is 0. The van der Waals surface area contributed by atoms with Crippen molar-refractivity contribution >= 4 is 0 Å². The largest absolute Gasteiger partial charge is 0.485 e. The Morgan fingerprint density at radius 3 is 3.16 bits per heavy atom. The first-order chi connectivity index (χ1) is 9.25. The number of hydrogen-bond acceptors (Lipinski definition) is 3. The van der Waals surface area contributed by atoms with E-state index in [9.17, 15) is 0 Å². The van der Waals surface area contributed by atoms with Crippen molar-refractivity contribution in [2.75, 3.05) is 0 Å². The summed E-state index contributed by atoms with van der Waals surface area (Å²) < 4.78 is 7.91. The molecule has 4 heteroatoms. The van der Waals surface area contributed by atoms with Gasteiger partial charge in [-0.3, -0.25) is 0 Å². The summed E-state index contributed by atoms with van der Waals surface area (Å²) in [5.41, 5.74) is 8.67. The number of ether oxygens (including phenoxy) is 1. The molecule has 1 atom stereocenters. The maximum atomic E-state index is 6.16. The molecule has 1 aliphatic rings. The highest BCUT2D eigenvalue weighted by molar-refractivity contribution is 5.43. The fourth-order valence-electron chi connectivity index (χ4n) is 2.66. The average molecular weight is 257 g/mol. The van der Waals surface area contributed by atoms with Gasteiger partial charge in [0.05, 0.1) is 0 Å². The molecule has 1 heterocycles. The molecule has 1 aliphatic carbocycles. The predicted octanol–water partition coefficient (Wildman–Crippen LogP) is 2.34. The van der Waals surface area contributed by atoms with Gasteiger partial charge in [0.1, 0.15) is 18.2 Å². The first-order valence-corrected chi connectivity index (χ1v) is 6.72. The fraction of sp³-hybridized carbons (Fsp3) is 0.400. The summed E-state index contributed by atoms with van der Waals surface area (Å²) in [6.45, 7) is 0.495.